The van der Waals surface area contributed by atoms with E-state index in [-0.39, 0.29) is 5.78 Å². The van der Waals surface area contributed by atoms with Crippen molar-refractivity contribution in [3.05, 3.63) is 53.1 Å². The highest BCUT2D eigenvalue weighted by molar-refractivity contribution is 5.99. The van der Waals surface area contributed by atoms with Crippen LogP contribution in [0.3, 0.4) is 0 Å². The number of nitrogens with zero attached hydrogens (tertiary/aromatic N) is 3. The zero-order valence-electron chi connectivity index (χ0n) is 12.6. The maximum atomic E-state index is 12.4. The van der Waals surface area contributed by atoms with Crippen molar-refractivity contribution in [3.8, 4) is 0 Å². The van der Waals surface area contributed by atoms with Gasteiger partial charge >= 0.3 is 0 Å². The lowest BCUT2D eigenvalue weighted by Gasteiger charge is -2.16. The molecule has 1 aromatic carbocycles. The minimum atomic E-state index is 0.155. The third kappa shape index (κ3) is 3.33. The topological polar surface area (TPSA) is 38.1 Å². The van der Waals surface area contributed by atoms with E-state index in [4.69, 9.17) is 0 Å². The van der Waals surface area contributed by atoms with E-state index in [1.807, 2.05) is 61.8 Å². The van der Waals surface area contributed by atoms with Gasteiger partial charge in [0, 0.05) is 25.0 Å². The minimum Gasteiger partial charge on any atom is -0.337 e. The molecule has 106 valence electrons. The number of carbonyl (C=O) groups excluding carboxylic acids is 1. The number of aromatic nitrogens is 2. The lowest BCUT2D eigenvalue weighted by atomic mass is 10.0. The van der Waals surface area contributed by atoms with Crippen LogP contribution < -0.4 is 0 Å². The molecule has 0 aliphatic heterocycles. The SMILES string of the molecule is Cc1ccc(C)c(C(=O)CN(C)Cc2nccn2C)c1. The average Bonchev–Trinajstić information content (AvgIpc) is 2.77. The maximum absolute atomic E-state index is 12.4. The van der Waals surface area contributed by atoms with Crippen LogP contribution in [0.25, 0.3) is 0 Å². The lowest BCUT2D eigenvalue weighted by molar-refractivity contribution is 0.0940. The van der Waals surface area contributed by atoms with E-state index in [9.17, 15) is 4.79 Å². The van der Waals surface area contributed by atoms with Gasteiger partial charge in [0.05, 0.1) is 13.1 Å². The van der Waals surface area contributed by atoms with Crippen LogP contribution in [0.15, 0.2) is 30.6 Å². The molecule has 0 spiro atoms. The first kappa shape index (κ1) is 14.5. The van der Waals surface area contributed by atoms with Gasteiger partial charge in [0.1, 0.15) is 5.82 Å². The monoisotopic (exact) mass is 271 g/mol. The van der Waals surface area contributed by atoms with E-state index in [0.29, 0.717) is 13.1 Å². The van der Waals surface area contributed by atoms with Crippen LogP contribution in [-0.4, -0.2) is 33.8 Å². The van der Waals surface area contributed by atoms with Crippen LogP contribution >= 0.6 is 0 Å². The summed E-state index contributed by atoms with van der Waals surface area (Å²) in [5.74, 6) is 1.11. The standard InChI is InChI=1S/C16H21N3O/c1-12-5-6-13(2)14(9-12)15(20)10-18(3)11-16-17-7-8-19(16)4/h5-9H,10-11H2,1-4H3. The summed E-state index contributed by atoms with van der Waals surface area (Å²) in [7, 11) is 3.90. The Morgan fingerprint density at radius 1 is 1.35 bits per heavy atom. The van der Waals surface area contributed by atoms with Crippen molar-refractivity contribution in [1.82, 2.24) is 14.5 Å². The molecule has 0 radical (unpaired) electrons. The Morgan fingerprint density at radius 3 is 2.75 bits per heavy atom. The van der Waals surface area contributed by atoms with Gasteiger partial charge in [-0.2, -0.15) is 0 Å². The summed E-state index contributed by atoms with van der Waals surface area (Å²) in [5.41, 5.74) is 2.97. The van der Waals surface area contributed by atoms with Crippen molar-refractivity contribution in [2.45, 2.75) is 20.4 Å². The Hall–Kier alpha value is -1.94. The van der Waals surface area contributed by atoms with E-state index >= 15 is 0 Å². The van der Waals surface area contributed by atoms with Crippen LogP contribution in [0.5, 0.6) is 0 Å². The Bertz CT molecular complexity index is 616. The third-order valence-electron chi connectivity index (χ3n) is 3.44. The molecule has 4 heteroatoms. The summed E-state index contributed by atoms with van der Waals surface area (Å²) in [6.07, 6.45) is 3.69. The molecule has 0 N–H and O–H groups in total. The molecule has 0 atom stereocenters. The quantitative estimate of drug-likeness (QED) is 0.784. The summed E-state index contributed by atoms with van der Waals surface area (Å²) >= 11 is 0. The number of benzene rings is 1. The highest BCUT2D eigenvalue weighted by Crippen LogP contribution is 2.12. The Kier molecular flexibility index (Phi) is 4.35. The van der Waals surface area contributed by atoms with E-state index in [2.05, 4.69) is 4.98 Å². The summed E-state index contributed by atoms with van der Waals surface area (Å²) in [4.78, 5) is 18.6. The van der Waals surface area contributed by atoms with Gasteiger partial charge in [-0.3, -0.25) is 9.69 Å². The summed E-state index contributed by atoms with van der Waals surface area (Å²) in [6, 6.07) is 6.00. The minimum absolute atomic E-state index is 0.155. The molecule has 0 aliphatic rings. The third-order valence-corrected chi connectivity index (χ3v) is 3.44. The molecular weight excluding hydrogens is 250 g/mol. The second-order valence-corrected chi connectivity index (χ2v) is 5.37. The first-order valence-corrected chi connectivity index (χ1v) is 6.72. The van der Waals surface area contributed by atoms with Gasteiger partial charge in [-0.05, 0) is 32.5 Å². The first-order valence-electron chi connectivity index (χ1n) is 6.72. The van der Waals surface area contributed by atoms with Crippen molar-refractivity contribution in [3.63, 3.8) is 0 Å². The van der Waals surface area contributed by atoms with E-state index in [0.717, 1.165) is 22.5 Å². The average molecular weight is 271 g/mol. The number of rotatable bonds is 5. The van der Waals surface area contributed by atoms with Gasteiger partial charge in [0.15, 0.2) is 5.78 Å². The summed E-state index contributed by atoms with van der Waals surface area (Å²) in [5, 5.41) is 0. The number of hydrogen-bond donors (Lipinski definition) is 0. The van der Waals surface area contributed by atoms with Gasteiger partial charge < -0.3 is 4.57 Å². The van der Waals surface area contributed by atoms with Gasteiger partial charge in [0.25, 0.3) is 0 Å². The number of carbonyl (C=O) groups is 1. The molecule has 1 heterocycles. The molecule has 0 amide bonds. The Balaban J connectivity index is 2.04. The van der Waals surface area contributed by atoms with Crippen LogP contribution in [0.4, 0.5) is 0 Å². The van der Waals surface area contributed by atoms with Crippen molar-refractivity contribution >= 4 is 5.78 Å². The number of hydrogen-bond acceptors (Lipinski definition) is 3. The lowest BCUT2D eigenvalue weighted by Crippen LogP contribution is -2.27. The smallest absolute Gasteiger partial charge is 0.177 e. The number of likely N-dealkylation sites (N-methyl/N-ethyl adjacent to an activating group) is 1. The van der Waals surface area contributed by atoms with Crippen LogP contribution in [0.2, 0.25) is 0 Å². The summed E-state index contributed by atoms with van der Waals surface area (Å²) < 4.78 is 1.97. The predicted molar refractivity (Wildman–Crippen MR) is 79.8 cm³/mol. The summed E-state index contributed by atoms with van der Waals surface area (Å²) in [6.45, 7) is 5.05. The van der Waals surface area contributed by atoms with Crippen LogP contribution in [-0.2, 0) is 13.6 Å². The van der Waals surface area contributed by atoms with Crippen molar-refractivity contribution in [2.75, 3.05) is 13.6 Å². The van der Waals surface area contributed by atoms with Crippen molar-refractivity contribution < 1.29 is 4.79 Å². The zero-order chi connectivity index (χ0) is 14.7. The maximum Gasteiger partial charge on any atom is 0.177 e. The van der Waals surface area contributed by atoms with Crippen molar-refractivity contribution in [2.24, 2.45) is 7.05 Å². The van der Waals surface area contributed by atoms with E-state index in [1.54, 1.807) is 6.20 Å². The molecule has 1 aromatic heterocycles. The van der Waals surface area contributed by atoms with Crippen LogP contribution in [0, 0.1) is 13.8 Å². The second kappa shape index (κ2) is 6.01. The molecule has 0 saturated heterocycles. The van der Waals surface area contributed by atoms with Crippen molar-refractivity contribution in [1.29, 1.82) is 0 Å². The molecule has 2 aromatic rings. The molecule has 0 unspecified atom stereocenters. The molecular formula is C16H21N3O. The first-order chi connectivity index (χ1) is 9.47. The van der Waals surface area contributed by atoms with Gasteiger partial charge in [-0.25, -0.2) is 4.98 Å². The number of ketones is 1. The molecule has 0 aliphatic carbocycles. The zero-order valence-corrected chi connectivity index (χ0v) is 12.6. The fraction of sp³-hybridized carbons (Fsp3) is 0.375. The van der Waals surface area contributed by atoms with Gasteiger partial charge in [-0.15, -0.1) is 0 Å². The molecule has 0 bridgehead atoms. The van der Waals surface area contributed by atoms with Crippen LogP contribution in [0.1, 0.15) is 27.3 Å². The molecule has 0 fully saturated rings. The van der Waals surface area contributed by atoms with Gasteiger partial charge in [0.2, 0.25) is 0 Å². The molecule has 2 rings (SSSR count). The highest BCUT2D eigenvalue weighted by Gasteiger charge is 2.13. The Morgan fingerprint density at radius 2 is 2.10 bits per heavy atom. The number of Topliss-reactive ketones (excluding diaryl/α,β-unsaturated/α-hetero) is 1. The number of imidazole rings is 1. The predicted octanol–water partition coefficient (Wildman–Crippen LogP) is 2.35. The van der Waals surface area contributed by atoms with E-state index < -0.39 is 0 Å². The largest absolute Gasteiger partial charge is 0.337 e. The van der Waals surface area contributed by atoms with Gasteiger partial charge in [-0.1, -0.05) is 17.7 Å². The fourth-order valence-corrected chi connectivity index (χ4v) is 2.21. The fourth-order valence-electron chi connectivity index (χ4n) is 2.21. The Labute approximate surface area is 120 Å². The highest BCUT2D eigenvalue weighted by atomic mass is 16.1. The molecule has 4 nitrogen and oxygen atoms in total. The molecule has 0 saturated carbocycles. The second-order valence-electron chi connectivity index (χ2n) is 5.37. The normalized spacial score (nSPS) is 11.1. The van der Waals surface area contributed by atoms with E-state index in [1.165, 1.54) is 0 Å². The number of aryl methyl sites for hydroxylation is 3. The molecule has 20 heavy (non-hydrogen) atoms.